The zero-order valence-corrected chi connectivity index (χ0v) is 13.6. The van der Waals surface area contributed by atoms with Crippen LogP contribution in [0.15, 0.2) is 18.3 Å². The molecule has 2 aliphatic heterocycles. The topological polar surface area (TPSA) is 48.5 Å². The summed E-state index contributed by atoms with van der Waals surface area (Å²) in [6.07, 6.45) is -1.45. The summed E-state index contributed by atoms with van der Waals surface area (Å²) in [5.74, 6) is 0.615. The van der Waals surface area contributed by atoms with E-state index in [1.54, 1.807) is 0 Å². The summed E-state index contributed by atoms with van der Waals surface area (Å²) >= 11 is 0. The summed E-state index contributed by atoms with van der Waals surface area (Å²) in [6, 6.07) is 2.51. The van der Waals surface area contributed by atoms with E-state index in [4.69, 9.17) is 0 Å². The molecule has 5 nitrogen and oxygen atoms in total. The number of rotatable bonds is 1. The Kier molecular flexibility index (Phi) is 4.42. The highest BCUT2D eigenvalue weighted by molar-refractivity contribution is 5.76. The molecule has 0 radical (unpaired) electrons. The number of amides is 1. The van der Waals surface area contributed by atoms with Crippen LogP contribution in [0.3, 0.4) is 0 Å². The van der Waals surface area contributed by atoms with Gasteiger partial charge in [-0.25, -0.2) is 4.98 Å². The highest BCUT2D eigenvalue weighted by atomic mass is 19.4. The molecule has 0 unspecified atom stereocenters. The minimum Gasteiger partial charge on any atom is -0.356 e. The average Bonchev–Trinajstić information content (AvgIpc) is 2.72. The largest absolute Gasteiger partial charge is 0.417 e. The van der Waals surface area contributed by atoms with Crippen molar-refractivity contribution in [2.24, 2.45) is 0 Å². The van der Waals surface area contributed by atoms with Crippen molar-refractivity contribution in [3.63, 3.8) is 0 Å². The number of hydrogen-bond acceptors (Lipinski definition) is 4. The Bertz CT molecular complexity index is 604. The van der Waals surface area contributed by atoms with E-state index in [1.165, 1.54) is 6.07 Å². The van der Waals surface area contributed by atoms with Crippen molar-refractivity contribution < 1.29 is 18.0 Å². The van der Waals surface area contributed by atoms with Gasteiger partial charge in [0.15, 0.2) is 0 Å². The fourth-order valence-corrected chi connectivity index (χ4v) is 3.53. The zero-order chi connectivity index (χ0) is 17.4. The monoisotopic (exact) mass is 342 g/mol. The van der Waals surface area contributed by atoms with E-state index in [9.17, 15) is 18.0 Å². The van der Waals surface area contributed by atoms with Crippen molar-refractivity contribution >= 4 is 11.7 Å². The molecule has 0 aliphatic carbocycles. The predicted molar refractivity (Wildman–Crippen MR) is 83.7 cm³/mol. The molecule has 2 fully saturated rings. The molecule has 8 heteroatoms. The zero-order valence-electron chi connectivity index (χ0n) is 13.6. The van der Waals surface area contributed by atoms with E-state index in [0.717, 1.165) is 31.6 Å². The third-order valence-electron chi connectivity index (χ3n) is 5.13. The van der Waals surface area contributed by atoms with Crippen LogP contribution in [0.2, 0.25) is 0 Å². The van der Waals surface area contributed by atoms with Gasteiger partial charge in [0.25, 0.3) is 0 Å². The lowest BCUT2D eigenvalue weighted by molar-refractivity contribution is -0.137. The molecule has 1 spiro atoms. The number of halogens is 3. The van der Waals surface area contributed by atoms with Crippen LogP contribution in [-0.4, -0.2) is 54.6 Å². The van der Waals surface area contributed by atoms with Crippen LogP contribution in [0.25, 0.3) is 0 Å². The van der Waals surface area contributed by atoms with Crippen molar-refractivity contribution in [2.45, 2.75) is 31.0 Å². The predicted octanol–water partition coefficient (Wildman–Crippen LogP) is 1.89. The van der Waals surface area contributed by atoms with Crippen LogP contribution in [0.4, 0.5) is 19.0 Å². The Morgan fingerprint density at radius 2 is 2.04 bits per heavy atom. The Balaban J connectivity index is 1.79. The molecule has 24 heavy (non-hydrogen) atoms. The Morgan fingerprint density at radius 3 is 2.71 bits per heavy atom. The van der Waals surface area contributed by atoms with Gasteiger partial charge < -0.3 is 10.2 Å². The lowest BCUT2D eigenvalue weighted by atomic mass is 9.86. The van der Waals surface area contributed by atoms with Crippen molar-refractivity contribution in [1.29, 1.82) is 0 Å². The van der Waals surface area contributed by atoms with E-state index in [2.05, 4.69) is 15.2 Å². The molecule has 0 saturated carbocycles. The second-order valence-electron chi connectivity index (χ2n) is 6.57. The third kappa shape index (κ3) is 3.33. The molecule has 1 aromatic heterocycles. The van der Waals surface area contributed by atoms with Crippen LogP contribution in [0.5, 0.6) is 0 Å². The van der Waals surface area contributed by atoms with E-state index < -0.39 is 11.7 Å². The third-order valence-corrected chi connectivity index (χ3v) is 5.13. The number of likely N-dealkylation sites (N-methyl/N-ethyl adjacent to an activating group) is 1. The van der Waals surface area contributed by atoms with Crippen LogP contribution < -0.4 is 10.2 Å². The van der Waals surface area contributed by atoms with Gasteiger partial charge in [-0.2, -0.15) is 13.2 Å². The maximum Gasteiger partial charge on any atom is 0.417 e. The smallest absolute Gasteiger partial charge is 0.356 e. The molecule has 1 atom stereocenters. The van der Waals surface area contributed by atoms with Gasteiger partial charge in [0, 0.05) is 44.3 Å². The van der Waals surface area contributed by atoms with Crippen molar-refractivity contribution in [3.05, 3.63) is 23.9 Å². The van der Waals surface area contributed by atoms with Crippen molar-refractivity contribution in [3.8, 4) is 0 Å². The summed E-state index contributed by atoms with van der Waals surface area (Å²) in [5, 5.41) is 2.89. The molecule has 1 aromatic rings. The molecular weight excluding hydrogens is 321 g/mol. The summed E-state index contributed by atoms with van der Waals surface area (Å²) in [7, 11) is 2.05. The number of carbonyl (C=O) groups is 1. The molecule has 1 amide bonds. The van der Waals surface area contributed by atoms with Gasteiger partial charge in [-0.1, -0.05) is 0 Å². The first kappa shape index (κ1) is 17.0. The van der Waals surface area contributed by atoms with Gasteiger partial charge in [-0.3, -0.25) is 9.69 Å². The van der Waals surface area contributed by atoms with Crippen molar-refractivity contribution in [1.82, 2.24) is 15.2 Å². The minimum atomic E-state index is -4.37. The maximum atomic E-state index is 12.7. The van der Waals surface area contributed by atoms with Crippen LogP contribution in [0, 0.1) is 0 Å². The Hall–Kier alpha value is -1.83. The maximum absolute atomic E-state index is 12.7. The molecule has 2 aliphatic rings. The Morgan fingerprint density at radius 1 is 1.25 bits per heavy atom. The minimum absolute atomic E-state index is 0.0602. The van der Waals surface area contributed by atoms with E-state index >= 15 is 0 Å². The van der Waals surface area contributed by atoms with Crippen LogP contribution in [0.1, 0.15) is 24.8 Å². The van der Waals surface area contributed by atoms with Gasteiger partial charge in [0.2, 0.25) is 5.91 Å². The van der Waals surface area contributed by atoms with Gasteiger partial charge in [0.1, 0.15) is 5.82 Å². The normalized spacial score (nSPS) is 26.3. The second-order valence-corrected chi connectivity index (χ2v) is 6.57. The first-order valence-corrected chi connectivity index (χ1v) is 8.06. The fourth-order valence-electron chi connectivity index (χ4n) is 3.53. The first-order chi connectivity index (χ1) is 11.3. The molecule has 0 aromatic carbocycles. The van der Waals surface area contributed by atoms with Gasteiger partial charge in [-0.15, -0.1) is 0 Å². The summed E-state index contributed by atoms with van der Waals surface area (Å²) in [6.45, 7) is 2.78. The van der Waals surface area contributed by atoms with E-state index in [-0.39, 0.29) is 11.4 Å². The first-order valence-electron chi connectivity index (χ1n) is 8.06. The molecular formula is C16H21F3N4O. The molecule has 1 N–H and O–H groups in total. The number of nitrogens with one attached hydrogen (secondary N) is 1. The number of hydrogen-bond donors (Lipinski definition) is 1. The summed E-state index contributed by atoms with van der Waals surface area (Å²) < 4.78 is 38.0. The lowest BCUT2D eigenvalue weighted by Crippen LogP contribution is -2.61. The van der Waals surface area contributed by atoms with Gasteiger partial charge in [0.05, 0.1) is 5.56 Å². The molecule has 0 bridgehead atoms. The van der Waals surface area contributed by atoms with E-state index in [1.807, 2.05) is 11.9 Å². The quantitative estimate of drug-likeness (QED) is 0.847. The summed E-state index contributed by atoms with van der Waals surface area (Å²) in [4.78, 5) is 19.9. The number of carbonyl (C=O) groups excluding carboxylic acids is 1. The summed E-state index contributed by atoms with van der Waals surface area (Å²) in [5.41, 5.74) is -0.888. The second kappa shape index (κ2) is 6.23. The van der Waals surface area contributed by atoms with E-state index in [0.29, 0.717) is 31.9 Å². The number of nitrogens with zero attached hydrogens (tertiary/aromatic N) is 3. The standard InChI is InChI=1S/C16H21F3N4O/c1-22-8-9-23(11-15(22)5-4-14(24)20-7-6-15)13-3-2-12(10-21-13)16(17,18)19/h2-3,10H,4-9,11H2,1H3,(H,20,24)/t15-/m1/s1. The Labute approximate surface area is 138 Å². The number of pyridine rings is 1. The molecule has 2 saturated heterocycles. The number of piperazine rings is 1. The lowest BCUT2D eigenvalue weighted by Gasteiger charge is -2.49. The highest BCUT2D eigenvalue weighted by Crippen LogP contribution is 2.33. The van der Waals surface area contributed by atoms with Crippen LogP contribution >= 0.6 is 0 Å². The highest BCUT2D eigenvalue weighted by Gasteiger charge is 2.41. The van der Waals surface area contributed by atoms with Crippen molar-refractivity contribution in [2.75, 3.05) is 38.1 Å². The number of alkyl halides is 3. The molecule has 3 heterocycles. The number of anilines is 1. The number of aromatic nitrogens is 1. The van der Waals surface area contributed by atoms with Gasteiger partial charge in [-0.05, 0) is 32.0 Å². The molecule has 132 valence electrons. The average molecular weight is 342 g/mol. The fraction of sp³-hybridized carbons (Fsp3) is 0.625. The SMILES string of the molecule is CN1CCN(c2ccc(C(F)(F)F)cn2)C[C@@]12CCNC(=O)CC2. The van der Waals surface area contributed by atoms with Gasteiger partial charge >= 0.3 is 6.18 Å². The van der Waals surface area contributed by atoms with Crippen LogP contribution in [-0.2, 0) is 11.0 Å². The molecule has 3 rings (SSSR count).